The molecular formula is C9H14N2O2S. The van der Waals surface area contributed by atoms with E-state index in [-0.39, 0.29) is 6.42 Å². The number of aryl methyl sites for hydroxylation is 2. The van der Waals surface area contributed by atoms with Gasteiger partial charge < -0.3 is 10.4 Å². The number of nitrogens with zero attached hydrogens (tertiary/aromatic N) is 1. The van der Waals surface area contributed by atoms with Crippen molar-refractivity contribution in [2.75, 3.05) is 6.54 Å². The van der Waals surface area contributed by atoms with Crippen LogP contribution < -0.4 is 5.32 Å². The number of thiazole rings is 1. The summed E-state index contributed by atoms with van der Waals surface area (Å²) < 4.78 is 0. The molecular weight excluding hydrogens is 200 g/mol. The molecule has 2 N–H and O–H groups in total. The molecule has 0 fully saturated rings. The Balaban J connectivity index is 2.28. The minimum atomic E-state index is -0.774. The minimum Gasteiger partial charge on any atom is -0.481 e. The van der Waals surface area contributed by atoms with Gasteiger partial charge >= 0.3 is 5.97 Å². The molecule has 5 heteroatoms. The zero-order valence-electron chi connectivity index (χ0n) is 8.33. The summed E-state index contributed by atoms with van der Waals surface area (Å²) in [6.45, 7) is 5.17. The third-order valence-electron chi connectivity index (χ3n) is 1.86. The number of carboxylic acids is 1. The van der Waals surface area contributed by atoms with Gasteiger partial charge in [-0.2, -0.15) is 0 Å². The first-order valence-corrected chi connectivity index (χ1v) is 5.26. The van der Waals surface area contributed by atoms with Gasteiger partial charge in [-0.25, -0.2) is 4.98 Å². The van der Waals surface area contributed by atoms with Gasteiger partial charge in [0.05, 0.1) is 12.1 Å². The van der Waals surface area contributed by atoms with E-state index < -0.39 is 5.97 Å². The lowest BCUT2D eigenvalue weighted by Gasteiger charge is -1.98. The van der Waals surface area contributed by atoms with Crippen LogP contribution in [0.3, 0.4) is 0 Å². The highest BCUT2D eigenvalue weighted by Crippen LogP contribution is 2.15. The summed E-state index contributed by atoms with van der Waals surface area (Å²) in [7, 11) is 0. The predicted molar refractivity (Wildman–Crippen MR) is 55.5 cm³/mol. The monoisotopic (exact) mass is 214 g/mol. The molecule has 0 bridgehead atoms. The Labute approximate surface area is 87.0 Å². The summed E-state index contributed by atoms with van der Waals surface area (Å²) in [5.74, 6) is -0.774. The van der Waals surface area contributed by atoms with Crippen molar-refractivity contribution >= 4 is 17.3 Å². The lowest BCUT2D eigenvalue weighted by molar-refractivity contribution is -0.136. The maximum absolute atomic E-state index is 10.2. The molecule has 0 atom stereocenters. The molecule has 14 heavy (non-hydrogen) atoms. The van der Waals surface area contributed by atoms with Crippen LogP contribution in [0.1, 0.15) is 22.0 Å². The van der Waals surface area contributed by atoms with E-state index in [9.17, 15) is 4.79 Å². The first-order chi connectivity index (χ1) is 6.59. The molecule has 0 aliphatic rings. The van der Waals surface area contributed by atoms with Gasteiger partial charge in [0.25, 0.3) is 0 Å². The van der Waals surface area contributed by atoms with E-state index in [4.69, 9.17) is 5.11 Å². The molecule has 1 aromatic rings. The van der Waals surface area contributed by atoms with Crippen molar-refractivity contribution in [3.05, 3.63) is 15.6 Å². The first kappa shape index (κ1) is 11.1. The van der Waals surface area contributed by atoms with E-state index in [2.05, 4.69) is 10.3 Å². The summed E-state index contributed by atoms with van der Waals surface area (Å²) >= 11 is 1.65. The second-order valence-electron chi connectivity index (χ2n) is 3.07. The highest BCUT2D eigenvalue weighted by Gasteiger charge is 2.03. The molecule has 0 aliphatic heterocycles. The normalized spacial score (nSPS) is 10.4. The van der Waals surface area contributed by atoms with E-state index in [0.29, 0.717) is 13.1 Å². The van der Waals surface area contributed by atoms with Gasteiger partial charge in [0, 0.05) is 18.0 Å². The molecule has 0 unspecified atom stereocenters. The zero-order valence-corrected chi connectivity index (χ0v) is 9.15. The average molecular weight is 214 g/mol. The topological polar surface area (TPSA) is 62.2 Å². The third kappa shape index (κ3) is 3.43. The Morgan fingerprint density at radius 3 is 2.79 bits per heavy atom. The fraction of sp³-hybridized carbons (Fsp3) is 0.556. The summed E-state index contributed by atoms with van der Waals surface area (Å²) in [4.78, 5) is 15.8. The largest absolute Gasteiger partial charge is 0.481 e. The standard InChI is InChI=1S/C9H14N2O2S/c1-6-7(2)14-8(11-6)5-10-4-3-9(12)13/h10H,3-5H2,1-2H3,(H,12,13). The Kier molecular flexibility index (Phi) is 4.03. The molecule has 1 rings (SSSR count). The molecule has 0 spiro atoms. The molecule has 0 radical (unpaired) electrons. The number of carbonyl (C=O) groups is 1. The van der Waals surface area contributed by atoms with Gasteiger partial charge in [-0.3, -0.25) is 4.79 Å². The maximum Gasteiger partial charge on any atom is 0.304 e. The van der Waals surface area contributed by atoms with Crippen LogP contribution >= 0.6 is 11.3 Å². The SMILES string of the molecule is Cc1nc(CNCCC(=O)O)sc1C. The average Bonchev–Trinajstić information content (AvgIpc) is 2.40. The number of nitrogens with one attached hydrogen (secondary N) is 1. The quantitative estimate of drug-likeness (QED) is 0.726. The highest BCUT2D eigenvalue weighted by atomic mass is 32.1. The van der Waals surface area contributed by atoms with Crippen molar-refractivity contribution < 1.29 is 9.90 Å². The van der Waals surface area contributed by atoms with E-state index in [1.807, 2.05) is 13.8 Å². The van der Waals surface area contributed by atoms with E-state index in [0.717, 1.165) is 10.7 Å². The Morgan fingerprint density at radius 2 is 2.29 bits per heavy atom. The number of rotatable bonds is 5. The van der Waals surface area contributed by atoms with Crippen molar-refractivity contribution in [2.45, 2.75) is 26.8 Å². The van der Waals surface area contributed by atoms with Crippen LogP contribution in [0, 0.1) is 13.8 Å². The number of hydrogen-bond acceptors (Lipinski definition) is 4. The summed E-state index contributed by atoms with van der Waals surface area (Å²) in [5, 5.41) is 12.5. The van der Waals surface area contributed by atoms with Crippen molar-refractivity contribution in [2.24, 2.45) is 0 Å². The molecule has 1 aromatic heterocycles. The van der Waals surface area contributed by atoms with Gasteiger partial charge in [-0.15, -0.1) is 11.3 Å². The lowest BCUT2D eigenvalue weighted by atomic mass is 10.4. The van der Waals surface area contributed by atoms with Crippen LogP contribution in [-0.2, 0) is 11.3 Å². The second-order valence-corrected chi connectivity index (χ2v) is 4.36. The van der Waals surface area contributed by atoms with Crippen molar-refractivity contribution in [1.29, 1.82) is 0 Å². The third-order valence-corrected chi connectivity index (χ3v) is 2.94. The predicted octanol–water partition coefficient (Wildman–Crippen LogP) is 1.32. The second kappa shape index (κ2) is 5.07. The first-order valence-electron chi connectivity index (χ1n) is 4.45. The Morgan fingerprint density at radius 1 is 1.57 bits per heavy atom. The zero-order chi connectivity index (χ0) is 10.6. The van der Waals surface area contributed by atoms with Crippen LogP contribution in [0.25, 0.3) is 0 Å². The van der Waals surface area contributed by atoms with E-state index >= 15 is 0 Å². The molecule has 0 saturated heterocycles. The smallest absolute Gasteiger partial charge is 0.304 e. The molecule has 4 nitrogen and oxygen atoms in total. The van der Waals surface area contributed by atoms with Crippen LogP contribution in [0.15, 0.2) is 0 Å². The summed E-state index contributed by atoms with van der Waals surface area (Å²) in [5.41, 5.74) is 1.06. The van der Waals surface area contributed by atoms with Crippen molar-refractivity contribution in [1.82, 2.24) is 10.3 Å². The number of hydrogen-bond donors (Lipinski definition) is 2. The van der Waals surface area contributed by atoms with E-state index in [1.54, 1.807) is 11.3 Å². The van der Waals surface area contributed by atoms with Crippen LogP contribution in [0.2, 0.25) is 0 Å². The molecule has 0 saturated carbocycles. The fourth-order valence-electron chi connectivity index (χ4n) is 1.01. The van der Waals surface area contributed by atoms with Crippen LogP contribution in [-0.4, -0.2) is 22.6 Å². The fourth-order valence-corrected chi connectivity index (χ4v) is 1.91. The minimum absolute atomic E-state index is 0.156. The van der Waals surface area contributed by atoms with Gasteiger partial charge in [0.15, 0.2) is 0 Å². The summed E-state index contributed by atoms with van der Waals surface area (Å²) in [6, 6.07) is 0. The van der Waals surface area contributed by atoms with Gasteiger partial charge in [0.1, 0.15) is 5.01 Å². The molecule has 0 aromatic carbocycles. The highest BCUT2D eigenvalue weighted by molar-refractivity contribution is 7.11. The molecule has 0 amide bonds. The molecule has 0 aliphatic carbocycles. The Bertz CT molecular complexity index is 303. The number of carboxylic acid groups (broad SMARTS) is 1. The Hall–Kier alpha value is -0.940. The number of aliphatic carboxylic acids is 1. The van der Waals surface area contributed by atoms with Gasteiger partial charge in [0.2, 0.25) is 0 Å². The van der Waals surface area contributed by atoms with Crippen molar-refractivity contribution in [3.8, 4) is 0 Å². The number of aromatic nitrogens is 1. The maximum atomic E-state index is 10.2. The van der Waals surface area contributed by atoms with Crippen LogP contribution in [0.4, 0.5) is 0 Å². The van der Waals surface area contributed by atoms with Gasteiger partial charge in [-0.1, -0.05) is 0 Å². The summed E-state index contributed by atoms with van der Waals surface area (Å²) in [6.07, 6.45) is 0.156. The van der Waals surface area contributed by atoms with Gasteiger partial charge in [-0.05, 0) is 13.8 Å². The molecule has 78 valence electrons. The van der Waals surface area contributed by atoms with Crippen molar-refractivity contribution in [3.63, 3.8) is 0 Å². The lowest BCUT2D eigenvalue weighted by Crippen LogP contribution is -2.17. The van der Waals surface area contributed by atoms with Crippen LogP contribution in [0.5, 0.6) is 0 Å². The van der Waals surface area contributed by atoms with E-state index in [1.165, 1.54) is 4.88 Å². The molecule has 1 heterocycles.